The number of allylic oxidation sites excluding steroid dienone is 1. The second-order valence-corrected chi connectivity index (χ2v) is 21.0. The van der Waals surface area contributed by atoms with E-state index in [0.29, 0.717) is 11.3 Å². The average Bonchev–Trinajstić information content (AvgIpc) is 3.52. The van der Waals surface area contributed by atoms with Crippen LogP contribution in [0.25, 0.3) is 0 Å². The van der Waals surface area contributed by atoms with E-state index < -0.39 is 49.1 Å². The van der Waals surface area contributed by atoms with E-state index in [1.807, 2.05) is 92.8 Å². The Morgan fingerprint density at radius 1 is 1.00 bits per heavy atom. The Hall–Kier alpha value is -4.49. The summed E-state index contributed by atoms with van der Waals surface area (Å²) in [5.74, 6) is -2.36. The lowest BCUT2D eigenvalue weighted by Gasteiger charge is -2.55. The van der Waals surface area contributed by atoms with Gasteiger partial charge in [0.05, 0.1) is 11.6 Å². The Morgan fingerprint density at radius 2 is 1.60 bits per heavy atom. The minimum absolute atomic E-state index is 0.000160. The number of benzene rings is 2. The molecule has 2 aromatic heterocycles. The predicted molar refractivity (Wildman–Crippen MR) is 203 cm³/mol. The third kappa shape index (κ3) is 6.05. The monoisotopic (exact) mass is 756 g/mol. The number of rotatable bonds is 9. The van der Waals surface area contributed by atoms with E-state index in [1.54, 1.807) is 0 Å². The lowest BCUT2D eigenvalue weighted by molar-refractivity contribution is -0.0480. The Morgan fingerprint density at radius 3 is 2.19 bits per heavy atom. The minimum atomic E-state index is -2.89. The summed E-state index contributed by atoms with van der Waals surface area (Å²) in [7, 11) is 0.873. The Balaban J connectivity index is 1.41. The van der Waals surface area contributed by atoms with Gasteiger partial charge in [0.25, 0.3) is 5.88 Å². The maximum absolute atomic E-state index is 15.4. The molecule has 4 aromatic rings. The number of fused-ring (bicyclic) bond motifs is 4. The van der Waals surface area contributed by atoms with E-state index in [0.717, 1.165) is 11.1 Å². The second-order valence-electron chi connectivity index (χ2n) is 15.9. The molecule has 2 heterocycles. The summed E-state index contributed by atoms with van der Waals surface area (Å²) in [6, 6.07) is 18.4. The number of anilines is 1. The minimum Gasteiger partial charge on any atom is -0.508 e. The van der Waals surface area contributed by atoms with Gasteiger partial charge >= 0.3 is 0 Å². The van der Waals surface area contributed by atoms with Crippen molar-refractivity contribution in [3.8, 4) is 11.6 Å². The number of aromatic nitrogens is 2. The molecule has 3 N–H and O–H groups in total. The van der Waals surface area contributed by atoms with Crippen molar-refractivity contribution in [2.24, 2.45) is 11.8 Å². The fraction of sp³-hybridized carbons (Fsp3) is 0.400. The van der Waals surface area contributed by atoms with Crippen molar-refractivity contribution in [2.75, 3.05) is 19.8 Å². The highest BCUT2D eigenvalue weighted by atomic mass is 35.5. The molecular weight excluding hydrogens is 712 g/mol. The summed E-state index contributed by atoms with van der Waals surface area (Å²) in [4.78, 5) is 36.7. The van der Waals surface area contributed by atoms with Crippen LogP contribution in [0.1, 0.15) is 76.4 Å². The summed E-state index contributed by atoms with van der Waals surface area (Å²) in [5, 5.41) is 16.8. The number of ether oxygens (including phenoxy) is 2. The van der Waals surface area contributed by atoms with Crippen LogP contribution in [0.3, 0.4) is 0 Å². The number of carbonyl (C=O) groups excluding carboxylic acids is 2. The number of carbonyl (C=O) groups is 2. The average molecular weight is 757 g/mol. The first kappa shape index (κ1) is 36.8. The van der Waals surface area contributed by atoms with Crippen molar-refractivity contribution < 1.29 is 33.1 Å². The molecule has 0 saturated heterocycles. The highest BCUT2D eigenvalue weighted by Crippen LogP contribution is 2.60. The number of hydrogen-bond donors (Lipinski definition) is 2. The fourth-order valence-electron chi connectivity index (χ4n) is 7.75. The molecule has 278 valence electrons. The number of nitrogens with zero attached hydrogens (tertiary/aromatic N) is 3. The summed E-state index contributed by atoms with van der Waals surface area (Å²) in [6.07, 6.45) is 0.541. The van der Waals surface area contributed by atoms with Crippen molar-refractivity contribution in [2.45, 2.75) is 76.6 Å². The largest absolute Gasteiger partial charge is 0.508 e. The first-order chi connectivity index (χ1) is 25.1. The maximum Gasteiger partial charge on any atom is 0.265 e. The molecule has 0 spiro atoms. The van der Waals surface area contributed by atoms with Crippen LogP contribution >= 0.6 is 11.6 Å². The molecule has 0 unspecified atom stereocenters. The first-order valence-corrected chi connectivity index (χ1v) is 21.1. The van der Waals surface area contributed by atoms with Gasteiger partial charge in [0, 0.05) is 17.1 Å². The van der Waals surface area contributed by atoms with Crippen molar-refractivity contribution in [3.63, 3.8) is 0 Å². The summed E-state index contributed by atoms with van der Waals surface area (Å²) < 4.78 is 25.6. The molecule has 0 amide bonds. The molecule has 3 aliphatic rings. The highest BCUT2D eigenvalue weighted by molar-refractivity contribution is 6.74. The maximum atomic E-state index is 15.4. The van der Waals surface area contributed by atoms with E-state index in [4.69, 9.17) is 35.8 Å². The van der Waals surface area contributed by atoms with Crippen LogP contribution in [0.4, 0.5) is 5.82 Å². The normalized spacial score (nSPS) is 22.6. The first-order valence-electron chi connectivity index (χ1n) is 17.8. The number of ketones is 2. The molecular formula is C40H45ClN4O7Si. The third-order valence-electron chi connectivity index (χ3n) is 11.4. The number of aliphatic hydroxyl groups excluding tert-OH is 1. The SMILES string of the molecule is CN(C)[C@@H]1c2onc(OCc3ccccc3)c2C(=O)[C@@]2(O[Si](C)(C)C(C)(C)C)C(O)=C3C(=O)c4c(c(Cl)nc(N)c4OCc4ccccc4)C[C@H]3C[C@@H]12. The second kappa shape index (κ2) is 13.4. The molecule has 4 atom stereocenters. The molecule has 3 aliphatic carbocycles. The zero-order valence-corrected chi connectivity index (χ0v) is 32.8. The number of nitrogen functional groups attached to an aromatic ring is 1. The smallest absolute Gasteiger partial charge is 0.265 e. The summed E-state index contributed by atoms with van der Waals surface area (Å²) in [6.45, 7) is 10.5. The van der Waals surface area contributed by atoms with Crippen molar-refractivity contribution in [1.29, 1.82) is 0 Å². The van der Waals surface area contributed by atoms with Gasteiger partial charge in [-0.3, -0.25) is 14.5 Å². The predicted octanol–water partition coefficient (Wildman–Crippen LogP) is 7.91. The van der Waals surface area contributed by atoms with Gasteiger partial charge in [0.2, 0.25) is 5.78 Å². The lowest BCUT2D eigenvalue weighted by atomic mass is 9.58. The van der Waals surface area contributed by atoms with Crippen LogP contribution in [0.2, 0.25) is 23.3 Å². The van der Waals surface area contributed by atoms with Crippen LogP contribution in [0.15, 0.2) is 76.5 Å². The lowest BCUT2D eigenvalue weighted by Crippen LogP contribution is -2.65. The number of nitrogens with two attached hydrogens (primary N) is 1. The number of hydrogen-bond acceptors (Lipinski definition) is 11. The molecule has 11 nitrogen and oxygen atoms in total. The van der Waals surface area contributed by atoms with Crippen LogP contribution < -0.4 is 15.2 Å². The molecule has 0 fully saturated rings. The fourth-order valence-corrected chi connectivity index (χ4v) is 9.47. The molecule has 7 rings (SSSR count). The Labute approximate surface area is 315 Å². The number of pyridine rings is 1. The van der Waals surface area contributed by atoms with E-state index >= 15 is 4.79 Å². The van der Waals surface area contributed by atoms with Crippen LogP contribution in [-0.2, 0) is 24.1 Å². The van der Waals surface area contributed by atoms with Gasteiger partial charge in [0.15, 0.2) is 37.0 Å². The van der Waals surface area contributed by atoms with Crippen LogP contribution in [0, 0.1) is 11.8 Å². The van der Waals surface area contributed by atoms with Gasteiger partial charge in [-0.15, -0.1) is 0 Å². The van der Waals surface area contributed by atoms with Crippen molar-refractivity contribution >= 4 is 37.3 Å². The zero-order valence-electron chi connectivity index (χ0n) is 31.0. The van der Waals surface area contributed by atoms with E-state index in [2.05, 4.69) is 30.9 Å². The van der Waals surface area contributed by atoms with Crippen molar-refractivity contribution in [1.82, 2.24) is 15.0 Å². The van der Waals surface area contributed by atoms with Gasteiger partial charge in [-0.1, -0.05) is 93.0 Å². The summed E-state index contributed by atoms with van der Waals surface area (Å²) >= 11 is 6.72. The van der Waals surface area contributed by atoms with E-state index in [1.165, 1.54) is 0 Å². The zero-order chi connectivity index (χ0) is 38.0. The molecule has 53 heavy (non-hydrogen) atoms. The van der Waals surface area contributed by atoms with Crippen LogP contribution in [0.5, 0.6) is 11.6 Å². The molecule has 0 saturated carbocycles. The quantitative estimate of drug-likeness (QED) is 0.127. The molecule has 0 bridgehead atoms. The third-order valence-corrected chi connectivity index (χ3v) is 16.1. The summed E-state index contributed by atoms with van der Waals surface area (Å²) in [5.41, 5.74) is 6.92. The van der Waals surface area contributed by atoms with Crippen LogP contribution in [-0.4, -0.2) is 59.7 Å². The van der Waals surface area contributed by atoms with E-state index in [-0.39, 0.29) is 70.4 Å². The number of aliphatic hydroxyl groups is 1. The standard InChI is InChI=1S/C40H45ClN4O7Si/c1-39(2,3)53(6,7)52-40-26(30(45(4)5)32-29(35(40)48)38(44-51-32)50-21-23-16-12-9-13-17-23)19-24-18-25-28(31(46)27(24)34(40)47)33(37(42)43-36(25)41)49-20-22-14-10-8-11-15-22/h8-17,24,26,30,47H,18-21H2,1-7H3,(H2,42,43)/t24-,26-,30-,40-/m0/s1. The van der Waals surface area contributed by atoms with Gasteiger partial charge in [-0.2, -0.15) is 0 Å². The topological polar surface area (TPSA) is 150 Å². The molecule has 13 heteroatoms. The molecule has 2 aromatic carbocycles. The molecule has 0 aliphatic heterocycles. The van der Waals surface area contributed by atoms with Gasteiger partial charge in [0.1, 0.15) is 29.7 Å². The van der Waals surface area contributed by atoms with Gasteiger partial charge in [-0.25, -0.2) is 4.98 Å². The van der Waals surface area contributed by atoms with Gasteiger partial charge in [-0.05, 0) is 67.3 Å². The van der Waals surface area contributed by atoms with E-state index in [9.17, 15) is 9.90 Å². The molecule has 0 radical (unpaired) electrons. The van der Waals surface area contributed by atoms with Gasteiger partial charge < -0.3 is 29.3 Å². The number of Topliss-reactive ketones (excluding diaryl/α,β-unsaturated/α-hetero) is 2. The van der Waals surface area contributed by atoms with Crippen molar-refractivity contribution in [3.05, 3.63) is 111 Å². The highest BCUT2D eigenvalue weighted by Gasteiger charge is 2.67. The Kier molecular flexibility index (Phi) is 9.33. The Bertz CT molecular complexity index is 2110. The number of halogens is 1.